The zero-order valence-electron chi connectivity index (χ0n) is 18.4. The predicted octanol–water partition coefficient (Wildman–Crippen LogP) is 3.81. The molecule has 1 aliphatic heterocycles. The molecule has 182 valence electrons. The quantitative estimate of drug-likeness (QED) is 0.563. The van der Waals surface area contributed by atoms with Crippen LogP contribution in [-0.2, 0) is 15.0 Å². The summed E-state index contributed by atoms with van der Waals surface area (Å²) in [6.07, 6.45) is 1.57. The first kappa shape index (κ1) is 24.7. The van der Waals surface area contributed by atoms with Gasteiger partial charge in [-0.25, -0.2) is 8.78 Å². The number of ether oxygens (including phenoxy) is 1. The number of nitrogens with zero attached hydrogens (tertiary/aromatic N) is 1. The Morgan fingerprint density at radius 3 is 2.32 bits per heavy atom. The number of β-amino-alcohol motifs (C(OH)–C–C–N with tert-alkyl or cyclic N) is 1. The maximum absolute atomic E-state index is 14.8. The van der Waals surface area contributed by atoms with Crippen molar-refractivity contribution in [3.8, 4) is 5.75 Å². The van der Waals surface area contributed by atoms with E-state index in [4.69, 9.17) is 27.9 Å². The van der Waals surface area contributed by atoms with E-state index in [0.29, 0.717) is 10.0 Å². The molecule has 2 fully saturated rings. The average Bonchev–Trinajstić information content (AvgIpc) is 3.49. The van der Waals surface area contributed by atoms with Crippen LogP contribution in [0.3, 0.4) is 0 Å². The van der Waals surface area contributed by atoms with Gasteiger partial charge >= 0.3 is 0 Å². The number of hydrogen-bond acceptors (Lipinski definition) is 4. The monoisotopic (exact) mass is 512 g/mol. The first-order valence-electron chi connectivity index (χ1n) is 10.9. The standard InChI is InChI=1S/C24H24Cl2F2N2O4/c1-34-16-9-18(27)21(19(28)10-16)17-12-30(4-5-31)23(33)22(17)29-20(32)11-24(2-3-24)13-6-14(25)8-15(26)7-13/h6-10,17,22,31H,2-5,11-12H2,1H3,(H,29,32)/t17-,22-/m0/s1. The van der Waals surface area contributed by atoms with E-state index in [1.165, 1.54) is 12.0 Å². The second-order valence-electron chi connectivity index (χ2n) is 8.78. The lowest BCUT2D eigenvalue weighted by Crippen LogP contribution is -2.45. The fourth-order valence-corrected chi connectivity index (χ4v) is 5.21. The highest BCUT2D eigenvalue weighted by Gasteiger charge is 2.48. The highest BCUT2D eigenvalue weighted by atomic mass is 35.5. The Hall–Kier alpha value is -2.42. The number of aliphatic hydroxyl groups excluding tert-OH is 1. The number of rotatable bonds is 8. The summed E-state index contributed by atoms with van der Waals surface area (Å²) in [5, 5.41) is 12.9. The van der Waals surface area contributed by atoms with Crippen molar-refractivity contribution in [1.29, 1.82) is 0 Å². The smallest absolute Gasteiger partial charge is 0.245 e. The number of likely N-dealkylation sites (tertiary alicyclic amines) is 1. The molecule has 6 nitrogen and oxygen atoms in total. The van der Waals surface area contributed by atoms with Gasteiger partial charge in [0.1, 0.15) is 23.4 Å². The zero-order valence-corrected chi connectivity index (χ0v) is 19.9. The molecular formula is C24H24Cl2F2N2O4. The lowest BCUT2D eigenvalue weighted by atomic mass is 9.90. The maximum atomic E-state index is 14.8. The summed E-state index contributed by atoms with van der Waals surface area (Å²) < 4.78 is 34.6. The Kier molecular flexibility index (Phi) is 7.03. The number of aliphatic hydroxyl groups is 1. The average molecular weight is 513 g/mol. The van der Waals surface area contributed by atoms with Crippen LogP contribution in [0, 0.1) is 11.6 Å². The minimum absolute atomic E-state index is 0.00623. The molecule has 0 radical (unpaired) electrons. The molecule has 2 aromatic carbocycles. The molecule has 1 heterocycles. The van der Waals surface area contributed by atoms with Gasteiger partial charge < -0.3 is 20.1 Å². The molecule has 2 amide bonds. The van der Waals surface area contributed by atoms with Gasteiger partial charge in [-0.15, -0.1) is 0 Å². The Labute approximate surface area is 205 Å². The number of hydrogen-bond donors (Lipinski definition) is 2. The topological polar surface area (TPSA) is 78.9 Å². The number of halogens is 4. The molecule has 10 heteroatoms. The summed E-state index contributed by atoms with van der Waals surface area (Å²) in [6.45, 7) is -0.364. The number of carbonyl (C=O) groups excluding carboxylic acids is 2. The summed E-state index contributed by atoms with van der Waals surface area (Å²) >= 11 is 12.3. The largest absolute Gasteiger partial charge is 0.497 e. The second-order valence-corrected chi connectivity index (χ2v) is 9.65. The molecule has 2 N–H and O–H groups in total. The molecule has 0 unspecified atom stereocenters. The summed E-state index contributed by atoms with van der Waals surface area (Å²) in [4.78, 5) is 27.3. The lowest BCUT2D eigenvalue weighted by molar-refractivity contribution is -0.133. The van der Waals surface area contributed by atoms with Crippen molar-refractivity contribution >= 4 is 35.0 Å². The molecule has 0 bridgehead atoms. The molecule has 1 saturated heterocycles. The van der Waals surface area contributed by atoms with Crippen LogP contribution in [0.4, 0.5) is 8.78 Å². The second kappa shape index (κ2) is 9.68. The van der Waals surface area contributed by atoms with E-state index in [1.807, 2.05) is 0 Å². The Morgan fingerprint density at radius 1 is 1.18 bits per heavy atom. The molecule has 2 atom stereocenters. The van der Waals surface area contributed by atoms with Crippen molar-refractivity contribution in [2.75, 3.05) is 26.8 Å². The first-order valence-corrected chi connectivity index (χ1v) is 11.6. The van der Waals surface area contributed by atoms with Crippen molar-refractivity contribution in [3.63, 3.8) is 0 Å². The van der Waals surface area contributed by atoms with E-state index >= 15 is 0 Å². The number of benzene rings is 2. The van der Waals surface area contributed by atoms with Crippen molar-refractivity contribution in [1.82, 2.24) is 10.2 Å². The van der Waals surface area contributed by atoms with Crippen LogP contribution >= 0.6 is 23.2 Å². The van der Waals surface area contributed by atoms with Crippen molar-refractivity contribution in [2.24, 2.45) is 0 Å². The first-order chi connectivity index (χ1) is 16.2. The Morgan fingerprint density at radius 2 is 1.79 bits per heavy atom. The third-order valence-electron chi connectivity index (χ3n) is 6.57. The highest BCUT2D eigenvalue weighted by molar-refractivity contribution is 6.34. The van der Waals surface area contributed by atoms with Gasteiger partial charge in [0, 0.05) is 58.6 Å². The van der Waals surface area contributed by atoms with Gasteiger partial charge in [-0.3, -0.25) is 9.59 Å². The molecule has 2 aromatic rings. The number of methoxy groups -OCH3 is 1. The molecule has 0 aromatic heterocycles. The Bertz CT molecular complexity index is 1080. The molecule has 1 aliphatic carbocycles. The third-order valence-corrected chi connectivity index (χ3v) is 7.01. The fraction of sp³-hybridized carbons (Fsp3) is 0.417. The van der Waals surface area contributed by atoms with Gasteiger partial charge in [0.2, 0.25) is 11.8 Å². The van der Waals surface area contributed by atoms with Crippen molar-refractivity contribution < 1.29 is 28.2 Å². The van der Waals surface area contributed by atoms with Crippen LogP contribution in [0.25, 0.3) is 0 Å². The van der Waals surface area contributed by atoms with E-state index < -0.39 is 40.8 Å². The van der Waals surface area contributed by atoms with Gasteiger partial charge in [-0.1, -0.05) is 23.2 Å². The van der Waals surface area contributed by atoms with Crippen LogP contribution < -0.4 is 10.1 Å². The van der Waals surface area contributed by atoms with Crippen LogP contribution in [0.1, 0.15) is 36.3 Å². The third kappa shape index (κ3) is 4.85. The van der Waals surface area contributed by atoms with E-state index in [-0.39, 0.29) is 37.4 Å². The van der Waals surface area contributed by atoms with Crippen molar-refractivity contribution in [3.05, 3.63) is 63.1 Å². The minimum Gasteiger partial charge on any atom is -0.497 e. The summed E-state index contributed by atoms with van der Waals surface area (Å²) in [6, 6.07) is 6.05. The summed E-state index contributed by atoms with van der Waals surface area (Å²) in [7, 11) is 1.29. The minimum atomic E-state index is -1.17. The van der Waals surface area contributed by atoms with Crippen LogP contribution in [0.15, 0.2) is 30.3 Å². The fourth-order valence-electron chi connectivity index (χ4n) is 4.69. The molecule has 4 rings (SSSR count). The SMILES string of the molecule is COc1cc(F)c([C@@H]2CN(CCO)C(=O)[C@H]2NC(=O)CC2(c3cc(Cl)cc(Cl)c3)CC2)c(F)c1. The van der Waals surface area contributed by atoms with Crippen LogP contribution in [-0.4, -0.2) is 54.7 Å². The van der Waals surface area contributed by atoms with E-state index in [9.17, 15) is 23.5 Å². The summed E-state index contributed by atoms with van der Waals surface area (Å²) in [5.74, 6) is -3.62. The Balaban J connectivity index is 1.58. The molecule has 2 aliphatic rings. The molecule has 1 saturated carbocycles. The van der Waals surface area contributed by atoms with Crippen molar-refractivity contribution in [2.45, 2.75) is 36.6 Å². The van der Waals surface area contributed by atoms with E-state index in [1.54, 1.807) is 18.2 Å². The maximum Gasteiger partial charge on any atom is 0.245 e. The summed E-state index contributed by atoms with van der Waals surface area (Å²) in [5.41, 5.74) is 0.0863. The van der Waals surface area contributed by atoms with Gasteiger partial charge in [-0.05, 0) is 36.6 Å². The van der Waals surface area contributed by atoms with Gasteiger partial charge in [0.05, 0.1) is 13.7 Å². The predicted molar refractivity (Wildman–Crippen MR) is 123 cm³/mol. The normalized spacial score (nSPS) is 21.0. The zero-order chi connectivity index (χ0) is 24.6. The van der Waals surface area contributed by atoms with E-state index in [0.717, 1.165) is 30.5 Å². The van der Waals surface area contributed by atoms with E-state index in [2.05, 4.69) is 5.32 Å². The van der Waals surface area contributed by atoms with Gasteiger partial charge in [0.15, 0.2) is 0 Å². The lowest BCUT2D eigenvalue weighted by Gasteiger charge is -2.22. The number of amides is 2. The molecule has 0 spiro atoms. The number of nitrogens with one attached hydrogen (secondary N) is 1. The number of carbonyl (C=O) groups is 2. The van der Waals surface area contributed by atoms with Gasteiger partial charge in [0.25, 0.3) is 0 Å². The van der Waals surface area contributed by atoms with Gasteiger partial charge in [-0.2, -0.15) is 0 Å². The molecule has 34 heavy (non-hydrogen) atoms. The van der Waals surface area contributed by atoms with Crippen LogP contribution in [0.5, 0.6) is 5.75 Å². The molecular weight excluding hydrogens is 489 g/mol. The highest BCUT2D eigenvalue weighted by Crippen LogP contribution is 2.52. The van der Waals surface area contributed by atoms with Crippen LogP contribution in [0.2, 0.25) is 10.0 Å².